The fourth-order valence-corrected chi connectivity index (χ4v) is 5.44. The number of imidazole rings is 1. The molecule has 1 amide bonds. The molecule has 216 valence electrons. The van der Waals surface area contributed by atoms with E-state index in [1.54, 1.807) is 0 Å². The molecule has 0 aliphatic heterocycles. The van der Waals surface area contributed by atoms with Crippen LogP contribution in [0.4, 0.5) is 0 Å². The van der Waals surface area contributed by atoms with E-state index in [-0.39, 0.29) is 5.91 Å². The van der Waals surface area contributed by atoms with Gasteiger partial charge in [-0.25, -0.2) is 4.98 Å². The number of aryl methyl sites for hydroxylation is 4. The van der Waals surface area contributed by atoms with Crippen LogP contribution in [0, 0.1) is 13.8 Å². The molecule has 0 bridgehead atoms. The number of amides is 1. The second kappa shape index (κ2) is 14.5. The van der Waals surface area contributed by atoms with Gasteiger partial charge in [0.05, 0.1) is 24.1 Å². The first kappa shape index (κ1) is 29.1. The van der Waals surface area contributed by atoms with E-state index in [2.05, 4.69) is 84.4 Å². The largest absolute Gasteiger partial charge is 0.493 e. The number of nitrogens with zero attached hydrogens (tertiary/aromatic N) is 2. The molecule has 0 spiro atoms. The van der Waals surface area contributed by atoms with Gasteiger partial charge < -0.3 is 14.6 Å². The Balaban J connectivity index is 1.04. The molecule has 0 unspecified atom stereocenters. The number of para-hydroxylation sites is 2. The molecule has 5 nitrogen and oxygen atoms in total. The third-order valence-electron chi connectivity index (χ3n) is 7.67. The Morgan fingerprint density at radius 2 is 1.57 bits per heavy atom. The summed E-state index contributed by atoms with van der Waals surface area (Å²) in [6.45, 7) is 6.45. The van der Waals surface area contributed by atoms with Gasteiger partial charge in [-0.2, -0.15) is 0 Å². The van der Waals surface area contributed by atoms with Crippen molar-refractivity contribution in [3.63, 3.8) is 0 Å². The maximum atomic E-state index is 12.5. The van der Waals surface area contributed by atoms with Gasteiger partial charge in [0.25, 0.3) is 0 Å². The molecule has 1 aromatic heterocycles. The van der Waals surface area contributed by atoms with Crippen LogP contribution >= 0.6 is 0 Å². The highest BCUT2D eigenvalue weighted by molar-refractivity contribution is 5.79. The first-order chi connectivity index (χ1) is 20.6. The minimum atomic E-state index is 0.0762. The fourth-order valence-electron chi connectivity index (χ4n) is 5.44. The van der Waals surface area contributed by atoms with Crippen molar-refractivity contribution in [1.29, 1.82) is 0 Å². The number of hydrogen-bond donors (Lipinski definition) is 1. The molecule has 1 N–H and O–H groups in total. The van der Waals surface area contributed by atoms with Crippen LogP contribution in [0.2, 0.25) is 0 Å². The molecule has 0 aliphatic rings. The Morgan fingerprint density at radius 3 is 2.38 bits per heavy atom. The lowest BCUT2D eigenvalue weighted by molar-refractivity contribution is -0.120. The van der Waals surface area contributed by atoms with E-state index in [0.717, 1.165) is 61.3 Å². The van der Waals surface area contributed by atoms with E-state index in [1.165, 1.54) is 27.8 Å². The van der Waals surface area contributed by atoms with E-state index in [4.69, 9.17) is 9.72 Å². The summed E-state index contributed by atoms with van der Waals surface area (Å²) in [7, 11) is 0. The number of nitrogens with one attached hydrogen (secondary N) is 1. The number of carbonyl (C=O) groups is 1. The van der Waals surface area contributed by atoms with Gasteiger partial charge in [0.15, 0.2) is 0 Å². The van der Waals surface area contributed by atoms with Gasteiger partial charge in [0, 0.05) is 19.5 Å². The van der Waals surface area contributed by atoms with Gasteiger partial charge in [-0.1, -0.05) is 90.8 Å². The van der Waals surface area contributed by atoms with Gasteiger partial charge in [-0.15, -0.1) is 0 Å². The number of rotatable bonds is 14. The minimum Gasteiger partial charge on any atom is -0.493 e. The first-order valence-corrected chi connectivity index (χ1v) is 15.1. The Kier molecular flexibility index (Phi) is 10.1. The molecule has 42 heavy (non-hydrogen) atoms. The average molecular weight is 560 g/mol. The molecule has 0 fully saturated rings. The number of fused-ring (bicyclic) bond motifs is 1. The third kappa shape index (κ3) is 7.88. The number of carbonyl (C=O) groups excluding carboxylic acids is 1. The van der Waals surface area contributed by atoms with Crippen LogP contribution < -0.4 is 10.1 Å². The lowest BCUT2D eigenvalue weighted by Crippen LogP contribution is -2.26. The molecule has 5 rings (SSSR count). The van der Waals surface area contributed by atoms with Crippen LogP contribution in [0.1, 0.15) is 48.2 Å². The van der Waals surface area contributed by atoms with Crippen molar-refractivity contribution in [2.45, 2.75) is 58.9 Å². The molecule has 5 aromatic rings. The highest BCUT2D eigenvalue weighted by atomic mass is 16.5. The summed E-state index contributed by atoms with van der Waals surface area (Å²) in [5.41, 5.74) is 8.05. The molecule has 0 saturated heterocycles. The normalized spacial score (nSPS) is 11.1. The smallest absolute Gasteiger partial charge is 0.224 e. The van der Waals surface area contributed by atoms with Crippen molar-refractivity contribution in [2.75, 3.05) is 13.2 Å². The van der Waals surface area contributed by atoms with Gasteiger partial charge in [0.2, 0.25) is 5.91 Å². The molecular formula is C37H41N3O2. The van der Waals surface area contributed by atoms with Crippen LogP contribution in [0.25, 0.3) is 22.2 Å². The van der Waals surface area contributed by atoms with Crippen molar-refractivity contribution < 1.29 is 9.53 Å². The number of aromatic nitrogens is 2. The maximum Gasteiger partial charge on any atom is 0.224 e. The monoisotopic (exact) mass is 559 g/mol. The number of hydrogen-bond acceptors (Lipinski definition) is 3. The SMILES string of the molecule is Cc1ccc(OCCCn2c(CCCCCNC(=O)Cc3ccc(-c4ccccc4)cc3)nc3ccccc32)c(C)c1. The van der Waals surface area contributed by atoms with E-state index in [9.17, 15) is 4.79 Å². The summed E-state index contributed by atoms with van der Waals surface area (Å²) >= 11 is 0. The minimum absolute atomic E-state index is 0.0762. The lowest BCUT2D eigenvalue weighted by atomic mass is 10.0. The van der Waals surface area contributed by atoms with Crippen molar-refractivity contribution in [2.24, 2.45) is 0 Å². The Morgan fingerprint density at radius 1 is 0.810 bits per heavy atom. The number of benzene rings is 4. The highest BCUT2D eigenvalue weighted by Gasteiger charge is 2.11. The zero-order valence-corrected chi connectivity index (χ0v) is 24.8. The van der Waals surface area contributed by atoms with Crippen LogP contribution in [0.5, 0.6) is 5.75 Å². The summed E-state index contributed by atoms with van der Waals surface area (Å²) < 4.78 is 8.43. The van der Waals surface area contributed by atoms with Crippen LogP contribution in [-0.4, -0.2) is 28.6 Å². The van der Waals surface area contributed by atoms with Crippen LogP contribution in [0.3, 0.4) is 0 Å². The second-order valence-corrected chi connectivity index (χ2v) is 11.0. The number of ether oxygens (including phenoxy) is 1. The van der Waals surface area contributed by atoms with Gasteiger partial charge >= 0.3 is 0 Å². The summed E-state index contributed by atoms with van der Waals surface area (Å²) in [5.74, 6) is 2.17. The summed E-state index contributed by atoms with van der Waals surface area (Å²) in [5, 5.41) is 3.09. The molecule has 4 aromatic carbocycles. The quantitative estimate of drug-likeness (QED) is 0.141. The fraction of sp³-hybridized carbons (Fsp3) is 0.297. The zero-order valence-electron chi connectivity index (χ0n) is 24.8. The van der Waals surface area contributed by atoms with Crippen LogP contribution in [-0.2, 0) is 24.2 Å². The van der Waals surface area contributed by atoms with Crippen molar-refractivity contribution in [1.82, 2.24) is 14.9 Å². The summed E-state index contributed by atoms with van der Waals surface area (Å²) in [6, 6.07) is 33.3. The topological polar surface area (TPSA) is 56.1 Å². The third-order valence-corrected chi connectivity index (χ3v) is 7.67. The predicted octanol–water partition coefficient (Wildman–Crippen LogP) is 7.86. The maximum absolute atomic E-state index is 12.5. The number of unbranched alkanes of at least 4 members (excludes halogenated alkanes) is 2. The summed E-state index contributed by atoms with van der Waals surface area (Å²) in [6.07, 6.45) is 5.30. The Hall–Kier alpha value is -4.38. The first-order valence-electron chi connectivity index (χ1n) is 15.1. The van der Waals surface area contributed by atoms with E-state index < -0.39 is 0 Å². The Labute approximate surface area is 249 Å². The molecule has 0 saturated carbocycles. The molecule has 0 atom stereocenters. The molecule has 5 heteroatoms. The lowest BCUT2D eigenvalue weighted by Gasteiger charge is -2.12. The van der Waals surface area contributed by atoms with Crippen molar-refractivity contribution in [3.8, 4) is 16.9 Å². The average Bonchev–Trinajstić information content (AvgIpc) is 3.36. The van der Waals surface area contributed by atoms with E-state index >= 15 is 0 Å². The Bertz CT molecular complexity index is 1590. The summed E-state index contributed by atoms with van der Waals surface area (Å²) in [4.78, 5) is 17.4. The van der Waals surface area contributed by atoms with Crippen molar-refractivity contribution in [3.05, 3.63) is 120 Å². The highest BCUT2D eigenvalue weighted by Crippen LogP contribution is 2.22. The van der Waals surface area contributed by atoms with Gasteiger partial charge in [-0.3, -0.25) is 4.79 Å². The standard InChI is InChI=1S/C37H41N3O2/c1-28-17-22-35(29(2)26-28)42-25-11-24-40-34-15-9-8-14-33(34)39-36(40)16-7-4-10-23-38-37(41)27-30-18-20-32(21-19-30)31-12-5-3-6-13-31/h3,5-6,8-9,12-15,17-22,26H,4,7,10-11,16,23-25,27H2,1-2H3,(H,38,41). The molecular weight excluding hydrogens is 518 g/mol. The zero-order chi connectivity index (χ0) is 29.1. The van der Waals surface area contributed by atoms with E-state index in [1.807, 2.05) is 36.4 Å². The molecule has 0 aliphatic carbocycles. The second-order valence-electron chi connectivity index (χ2n) is 11.0. The molecule has 0 radical (unpaired) electrons. The van der Waals surface area contributed by atoms with Crippen LogP contribution in [0.15, 0.2) is 97.1 Å². The van der Waals surface area contributed by atoms with Crippen molar-refractivity contribution >= 4 is 16.9 Å². The van der Waals surface area contributed by atoms with E-state index in [0.29, 0.717) is 19.6 Å². The van der Waals surface area contributed by atoms with Gasteiger partial charge in [-0.05, 0) is 73.6 Å². The predicted molar refractivity (Wildman–Crippen MR) is 172 cm³/mol. The molecule has 1 heterocycles. The van der Waals surface area contributed by atoms with Gasteiger partial charge in [0.1, 0.15) is 11.6 Å².